The number of halogens is 1. The molecule has 5 nitrogen and oxygen atoms in total. The third-order valence-electron chi connectivity index (χ3n) is 5.18. The van der Waals surface area contributed by atoms with E-state index < -0.39 is 5.97 Å². The highest BCUT2D eigenvalue weighted by Crippen LogP contribution is 2.29. The highest BCUT2D eigenvalue weighted by molar-refractivity contribution is 9.10. The van der Waals surface area contributed by atoms with Gasteiger partial charge in [0.15, 0.2) is 0 Å². The molecule has 0 spiro atoms. The minimum absolute atomic E-state index is 0.260. The van der Waals surface area contributed by atoms with Crippen LogP contribution in [0.5, 0.6) is 5.75 Å². The molecule has 0 bridgehead atoms. The summed E-state index contributed by atoms with van der Waals surface area (Å²) < 4.78 is 8.95. The summed E-state index contributed by atoms with van der Waals surface area (Å²) in [4.78, 5) is 11.3. The highest BCUT2D eigenvalue weighted by atomic mass is 79.9. The quantitative estimate of drug-likeness (QED) is 0.591. The monoisotopic (exact) mass is 428 g/mol. The van der Waals surface area contributed by atoms with Crippen molar-refractivity contribution in [1.29, 1.82) is 0 Å². The fourth-order valence-corrected chi connectivity index (χ4v) is 4.10. The Bertz CT molecular complexity index is 977. The molecular formula is C21H21BrN2O3. The molecule has 27 heavy (non-hydrogen) atoms. The summed E-state index contributed by atoms with van der Waals surface area (Å²) in [5.74, 6) is 0.570. The van der Waals surface area contributed by atoms with E-state index in [1.807, 2.05) is 22.9 Å². The van der Waals surface area contributed by atoms with Crippen molar-refractivity contribution in [3.63, 3.8) is 0 Å². The Morgan fingerprint density at radius 3 is 2.81 bits per heavy atom. The third kappa shape index (κ3) is 4.00. The van der Waals surface area contributed by atoms with Gasteiger partial charge in [-0.15, -0.1) is 0 Å². The van der Waals surface area contributed by atoms with Gasteiger partial charge in [0.2, 0.25) is 0 Å². The second kappa shape index (κ2) is 7.72. The van der Waals surface area contributed by atoms with Crippen LogP contribution in [0.25, 0.3) is 10.9 Å². The Labute approximate surface area is 166 Å². The van der Waals surface area contributed by atoms with Gasteiger partial charge in [-0.1, -0.05) is 34.8 Å². The molecule has 6 heteroatoms. The van der Waals surface area contributed by atoms with Gasteiger partial charge >= 0.3 is 5.97 Å². The molecule has 1 N–H and O–H groups in total. The molecular weight excluding hydrogens is 408 g/mol. The summed E-state index contributed by atoms with van der Waals surface area (Å²) in [6, 6.07) is 11.1. The van der Waals surface area contributed by atoms with Crippen molar-refractivity contribution < 1.29 is 14.6 Å². The summed E-state index contributed by atoms with van der Waals surface area (Å²) in [7, 11) is 0. The highest BCUT2D eigenvalue weighted by Gasteiger charge is 2.17. The lowest BCUT2D eigenvalue weighted by Crippen LogP contribution is -2.11. The first kappa shape index (κ1) is 18.0. The number of hydrogen-bond donors (Lipinski definition) is 1. The first-order chi connectivity index (χ1) is 13.1. The molecule has 140 valence electrons. The summed E-state index contributed by atoms with van der Waals surface area (Å²) in [6.45, 7) is 1.27. The third-order valence-corrected chi connectivity index (χ3v) is 5.68. The summed E-state index contributed by atoms with van der Waals surface area (Å²) in [5, 5.41) is 14.6. The van der Waals surface area contributed by atoms with E-state index in [1.54, 1.807) is 24.4 Å². The number of nitrogens with zero attached hydrogens (tertiary/aromatic N) is 2. The van der Waals surface area contributed by atoms with Crippen LogP contribution in [-0.2, 0) is 6.54 Å². The topological polar surface area (TPSA) is 64.3 Å². The molecule has 0 saturated heterocycles. The van der Waals surface area contributed by atoms with E-state index >= 15 is 0 Å². The Hall–Kier alpha value is -2.34. The molecule has 3 aromatic rings. The lowest BCUT2D eigenvalue weighted by atomic mass is 10.1. The Balaban J connectivity index is 1.61. The van der Waals surface area contributed by atoms with Crippen LogP contribution in [0.4, 0.5) is 0 Å². The van der Waals surface area contributed by atoms with E-state index in [4.69, 9.17) is 4.74 Å². The van der Waals surface area contributed by atoms with Gasteiger partial charge in [-0.05, 0) is 49.1 Å². The maximum atomic E-state index is 11.3. The van der Waals surface area contributed by atoms with Crippen LogP contribution >= 0.6 is 15.9 Å². The zero-order valence-electron chi connectivity index (χ0n) is 14.9. The molecule has 0 amide bonds. The predicted molar refractivity (Wildman–Crippen MR) is 107 cm³/mol. The van der Waals surface area contributed by atoms with Gasteiger partial charge in [0.25, 0.3) is 0 Å². The van der Waals surface area contributed by atoms with Gasteiger partial charge in [-0.25, -0.2) is 4.79 Å². The van der Waals surface area contributed by atoms with Crippen LogP contribution in [0.15, 0.2) is 47.1 Å². The van der Waals surface area contributed by atoms with Crippen LogP contribution in [-0.4, -0.2) is 27.5 Å². The maximum absolute atomic E-state index is 11.3. The van der Waals surface area contributed by atoms with Gasteiger partial charge in [0.05, 0.1) is 30.4 Å². The molecule has 1 heterocycles. The summed E-state index contributed by atoms with van der Waals surface area (Å²) in [5.41, 5.74) is 2.08. The molecule has 2 aromatic carbocycles. The first-order valence-electron chi connectivity index (χ1n) is 9.20. The fraction of sp³-hybridized carbons (Fsp3) is 0.333. The van der Waals surface area contributed by atoms with Crippen molar-refractivity contribution in [3.8, 4) is 5.75 Å². The second-order valence-corrected chi connectivity index (χ2v) is 8.01. The minimum atomic E-state index is -0.937. The van der Waals surface area contributed by atoms with Gasteiger partial charge in [-0.2, -0.15) is 5.10 Å². The van der Waals surface area contributed by atoms with Crippen molar-refractivity contribution in [2.24, 2.45) is 5.92 Å². The van der Waals surface area contributed by atoms with E-state index in [-0.39, 0.29) is 5.56 Å². The average Bonchev–Trinajstić information content (AvgIpc) is 3.31. The summed E-state index contributed by atoms with van der Waals surface area (Å²) >= 11 is 3.54. The van der Waals surface area contributed by atoms with E-state index in [9.17, 15) is 9.90 Å². The smallest absolute Gasteiger partial charge is 0.335 e. The normalized spacial score (nSPS) is 14.7. The molecule has 4 rings (SSSR count). The van der Waals surface area contributed by atoms with E-state index in [0.29, 0.717) is 12.5 Å². The molecule has 1 saturated carbocycles. The van der Waals surface area contributed by atoms with Crippen LogP contribution in [0.1, 0.15) is 41.6 Å². The van der Waals surface area contributed by atoms with E-state index in [2.05, 4.69) is 21.0 Å². The van der Waals surface area contributed by atoms with Gasteiger partial charge < -0.3 is 9.84 Å². The number of fused-ring (bicyclic) bond motifs is 1. The predicted octanol–water partition coefficient (Wildman–Crippen LogP) is 5.11. The molecule has 1 fully saturated rings. The van der Waals surface area contributed by atoms with Crippen LogP contribution in [0.3, 0.4) is 0 Å². The van der Waals surface area contributed by atoms with Crippen LogP contribution in [0.2, 0.25) is 0 Å². The lowest BCUT2D eigenvalue weighted by Gasteiger charge is -2.15. The Morgan fingerprint density at radius 2 is 2.04 bits per heavy atom. The number of hydrogen-bond acceptors (Lipinski definition) is 3. The molecule has 0 radical (unpaired) electrons. The zero-order chi connectivity index (χ0) is 18.8. The number of aromatic nitrogens is 2. The largest absolute Gasteiger partial charge is 0.493 e. The van der Waals surface area contributed by atoms with Crippen molar-refractivity contribution >= 4 is 32.8 Å². The Kier molecular flexibility index (Phi) is 5.16. The second-order valence-electron chi connectivity index (χ2n) is 7.09. The molecule has 1 aromatic heterocycles. The first-order valence-corrected chi connectivity index (χ1v) is 9.99. The zero-order valence-corrected chi connectivity index (χ0v) is 16.5. The van der Waals surface area contributed by atoms with Crippen LogP contribution in [0, 0.1) is 5.92 Å². The van der Waals surface area contributed by atoms with Crippen LogP contribution < -0.4 is 4.74 Å². The summed E-state index contributed by atoms with van der Waals surface area (Å²) in [6.07, 6.45) is 6.85. The number of carboxylic acids is 1. The van der Waals surface area contributed by atoms with Gasteiger partial charge in [0.1, 0.15) is 5.75 Å². The number of rotatable bonds is 6. The SMILES string of the molecule is O=C(O)c1ccc2cnn(Cc3cc(Br)ccc3OCC3CCCC3)c2c1. The van der Waals surface area contributed by atoms with Gasteiger partial charge in [0, 0.05) is 15.4 Å². The Morgan fingerprint density at radius 1 is 1.22 bits per heavy atom. The number of aromatic carboxylic acids is 1. The minimum Gasteiger partial charge on any atom is -0.493 e. The van der Waals surface area contributed by atoms with Crippen molar-refractivity contribution in [2.75, 3.05) is 6.61 Å². The van der Waals surface area contributed by atoms with Gasteiger partial charge in [-0.3, -0.25) is 4.68 Å². The van der Waals surface area contributed by atoms with Crippen molar-refractivity contribution in [1.82, 2.24) is 9.78 Å². The number of ether oxygens (including phenoxy) is 1. The molecule has 0 atom stereocenters. The van der Waals surface area contributed by atoms with E-state index in [1.165, 1.54) is 25.7 Å². The fourth-order valence-electron chi connectivity index (χ4n) is 3.69. The number of carboxylic acid groups (broad SMARTS) is 1. The molecule has 1 aliphatic rings. The molecule has 0 unspecified atom stereocenters. The standard InChI is InChI=1S/C21H21BrN2O3/c22-18-7-8-20(27-13-14-3-1-2-4-14)17(9-18)12-24-19-10-15(21(25)26)5-6-16(19)11-23-24/h5-11,14H,1-4,12-13H2,(H,25,26). The lowest BCUT2D eigenvalue weighted by molar-refractivity contribution is 0.0697. The van der Waals surface area contributed by atoms with Crippen molar-refractivity contribution in [2.45, 2.75) is 32.2 Å². The number of carbonyl (C=O) groups is 1. The molecule has 0 aliphatic heterocycles. The van der Waals surface area contributed by atoms with Crippen molar-refractivity contribution in [3.05, 3.63) is 58.2 Å². The average molecular weight is 429 g/mol. The maximum Gasteiger partial charge on any atom is 0.335 e. The molecule has 1 aliphatic carbocycles. The van der Waals surface area contributed by atoms with E-state index in [0.717, 1.165) is 33.3 Å². The number of benzene rings is 2.